The minimum atomic E-state index is -0.427. The second kappa shape index (κ2) is 13.6. The zero-order valence-corrected chi connectivity index (χ0v) is 16.0. The average molecular weight is 391 g/mol. The molecule has 0 aromatic heterocycles. The number of nitrogens with one attached hydrogen (secondary N) is 2. The normalized spacial score (nSPS) is 28.8. The Morgan fingerprint density at radius 3 is 1.38 bits per heavy atom. The van der Waals surface area contributed by atoms with Gasteiger partial charge in [-0.15, -0.1) is 24.8 Å². The van der Waals surface area contributed by atoms with E-state index in [1.54, 1.807) is 0 Å². The van der Waals surface area contributed by atoms with E-state index in [2.05, 4.69) is 20.1 Å². The Labute approximate surface area is 155 Å². The second-order valence-electron chi connectivity index (χ2n) is 5.23. The van der Waals surface area contributed by atoms with Gasteiger partial charge in [0.25, 0.3) is 0 Å². The van der Waals surface area contributed by atoms with E-state index < -0.39 is 12.2 Å². The van der Waals surface area contributed by atoms with Crippen molar-refractivity contribution in [3.05, 3.63) is 0 Å². The van der Waals surface area contributed by atoms with Crippen LogP contribution in [0.15, 0.2) is 0 Å². The summed E-state index contributed by atoms with van der Waals surface area (Å²) in [6, 6.07) is 0. The largest absolute Gasteiger partial charge is 0.467 e. The molecule has 2 N–H and O–H groups in total. The highest BCUT2D eigenvalue weighted by molar-refractivity contribution is 5.85. The van der Waals surface area contributed by atoms with E-state index in [-0.39, 0.29) is 49.0 Å². The molecule has 0 aromatic carbocycles. The SMILES string of the molecule is COC(=O)[C@@H]1CNC[C@@H](C)O1.COC(=O)[C@H]1CNC[C@H](C)O1.Cl.Cl. The van der Waals surface area contributed by atoms with Crippen LogP contribution in [0.2, 0.25) is 0 Å². The van der Waals surface area contributed by atoms with E-state index in [9.17, 15) is 9.59 Å². The molecular weight excluding hydrogens is 363 g/mol. The van der Waals surface area contributed by atoms with Crippen molar-refractivity contribution in [3.63, 3.8) is 0 Å². The van der Waals surface area contributed by atoms with Crippen LogP contribution in [0.1, 0.15) is 13.8 Å². The van der Waals surface area contributed by atoms with Gasteiger partial charge < -0.3 is 29.6 Å². The Hall–Kier alpha value is -0.640. The number of rotatable bonds is 2. The summed E-state index contributed by atoms with van der Waals surface area (Å²) in [5.41, 5.74) is 0. The van der Waals surface area contributed by atoms with E-state index >= 15 is 0 Å². The highest BCUT2D eigenvalue weighted by Crippen LogP contribution is 2.04. The standard InChI is InChI=1S/2C7H13NO3.2ClH/c2*1-5-3-8-4-6(11-5)7(9)10-2;;/h2*5-6,8H,3-4H2,1-2H3;2*1H/t2*5-,6+;;/m10../s1. The number of halogens is 2. The van der Waals surface area contributed by atoms with E-state index in [1.165, 1.54) is 14.2 Å². The number of hydrogen-bond acceptors (Lipinski definition) is 8. The summed E-state index contributed by atoms with van der Waals surface area (Å²) in [5, 5.41) is 6.15. The van der Waals surface area contributed by atoms with Crippen molar-refractivity contribution in [3.8, 4) is 0 Å². The minimum Gasteiger partial charge on any atom is -0.467 e. The van der Waals surface area contributed by atoms with Crippen LogP contribution in [-0.2, 0) is 28.5 Å². The van der Waals surface area contributed by atoms with Gasteiger partial charge in [-0.2, -0.15) is 0 Å². The second-order valence-corrected chi connectivity index (χ2v) is 5.23. The Balaban J connectivity index is 0. The van der Waals surface area contributed by atoms with Gasteiger partial charge in [0, 0.05) is 26.2 Å². The number of ether oxygens (including phenoxy) is 4. The van der Waals surface area contributed by atoms with Gasteiger partial charge in [0.15, 0.2) is 12.2 Å². The molecule has 0 saturated carbocycles. The molecule has 2 rings (SSSR count). The molecule has 0 aliphatic carbocycles. The predicted molar refractivity (Wildman–Crippen MR) is 92.9 cm³/mol. The van der Waals surface area contributed by atoms with Gasteiger partial charge in [-0.05, 0) is 13.8 Å². The molecule has 0 bridgehead atoms. The molecule has 0 radical (unpaired) electrons. The molecule has 8 nitrogen and oxygen atoms in total. The van der Waals surface area contributed by atoms with Crippen molar-refractivity contribution < 1.29 is 28.5 Å². The van der Waals surface area contributed by atoms with Crippen LogP contribution in [0, 0.1) is 0 Å². The molecular formula is C14H28Cl2N2O6. The molecule has 0 amide bonds. The smallest absolute Gasteiger partial charge is 0.336 e. The van der Waals surface area contributed by atoms with Gasteiger partial charge >= 0.3 is 11.9 Å². The lowest BCUT2D eigenvalue weighted by molar-refractivity contribution is -0.160. The molecule has 0 spiro atoms. The predicted octanol–water partition coefficient (Wildman–Crippen LogP) is -0.0838. The zero-order chi connectivity index (χ0) is 16.5. The fourth-order valence-electron chi connectivity index (χ4n) is 2.13. The lowest BCUT2D eigenvalue weighted by atomic mass is 10.2. The summed E-state index contributed by atoms with van der Waals surface area (Å²) in [4.78, 5) is 21.9. The third-order valence-electron chi connectivity index (χ3n) is 3.24. The highest BCUT2D eigenvalue weighted by Gasteiger charge is 2.26. The van der Waals surface area contributed by atoms with E-state index in [1.807, 2.05) is 13.8 Å². The van der Waals surface area contributed by atoms with Crippen molar-refractivity contribution in [1.82, 2.24) is 10.6 Å². The van der Waals surface area contributed by atoms with Crippen molar-refractivity contribution >= 4 is 36.8 Å². The molecule has 2 saturated heterocycles. The maximum atomic E-state index is 10.9. The van der Waals surface area contributed by atoms with Gasteiger partial charge in [-0.3, -0.25) is 0 Å². The van der Waals surface area contributed by atoms with Gasteiger partial charge in [0.2, 0.25) is 0 Å². The number of carbonyl (C=O) groups is 2. The summed E-state index contributed by atoms with van der Waals surface area (Å²) < 4.78 is 19.7. The summed E-state index contributed by atoms with van der Waals surface area (Å²) >= 11 is 0. The summed E-state index contributed by atoms with van der Waals surface area (Å²) in [6.45, 7) is 6.54. The number of esters is 2. The van der Waals surface area contributed by atoms with Crippen molar-refractivity contribution in [2.24, 2.45) is 0 Å². The molecule has 2 fully saturated rings. The molecule has 24 heavy (non-hydrogen) atoms. The van der Waals surface area contributed by atoms with Crippen LogP contribution in [0.25, 0.3) is 0 Å². The molecule has 0 aromatic rings. The van der Waals surface area contributed by atoms with E-state index in [4.69, 9.17) is 9.47 Å². The zero-order valence-electron chi connectivity index (χ0n) is 14.4. The van der Waals surface area contributed by atoms with E-state index in [0.717, 1.165) is 13.1 Å². The first kappa shape index (κ1) is 25.6. The van der Waals surface area contributed by atoms with Crippen LogP contribution in [0.5, 0.6) is 0 Å². The van der Waals surface area contributed by atoms with Gasteiger partial charge in [-0.1, -0.05) is 0 Å². The summed E-state index contributed by atoms with van der Waals surface area (Å²) in [6.07, 6.45) is -0.673. The monoisotopic (exact) mass is 390 g/mol. The van der Waals surface area contributed by atoms with Gasteiger partial charge in [0.05, 0.1) is 26.4 Å². The van der Waals surface area contributed by atoms with Crippen LogP contribution in [-0.4, -0.2) is 76.8 Å². The summed E-state index contributed by atoms with van der Waals surface area (Å²) in [5.74, 6) is -0.604. The minimum absolute atomic E-state index is 0. The Morgan fingerprint density at radius 1 is 0.792 bits per heavy atom. The van der Waals surface area contributed by atoms with Gasteiger partial charge in [-0.25, -0.2) is 9.59 Å². The molecule has 2 heterocycles. The topological polar surface area (TPSA) is 95.1 Å². The van der Waals surface area contributed by atoms with Gasteiger partial charge in [0.1, 0.15) is 0 Å². The fraction of sp³-hybridized carbons (Fsp3) is 0.857. The average Bonchev–Trinajstić information content (AvgIpc) is 2.54. The fourth-order valence-corrected chi connectivity index (χ4v) is 2.13. The quantitative estimate of drug-likeness (QED) is 0.631. The van der Waals surface area contributed by atoms with Crippen molar-refractivity contribution in [2.75, 3.05) is 40.4 Å². The Morgan fingerprint density at radius 2 is 1.12 bits per heavy atom. The number of carbonyl (C=O) groups excluding carboxylic acids is 2. The maximum absolute atomic E-state index is 10.9. The van der Waals surface area contributed by atoms with Crippen LogP contribution < -0.4 is 10.6 Å². The Kier molecular flexibility index (Phi) is 14.5. The van der Waals surface area contributed by atoms with Crippen LogP contribution >= 0.6 is 24.8 Å². The maximum Gasteiger partial charge on any atom is 0.336 e. The van der Waals surface area contributed by atoms with Crippen molar-refractivity contribution in [2.45, 2.75) is 38.3 Å². The van der Waals surface area contributed by atoms with Crippen LogP contribution in [0.3, 0.4) is 0 Å². The Bertz CT molecular complexity index is 341. The summed E-state index contributed by atoms with van der Waals surface area (Å²) in [7, 11) is 2.73. The number of hydrogen-bond donors (Lipinski definition) is 2. The first-order chi connectivity index (χ1) is 10.5. The molecule has 144 valence electrons. The number of methoxy groups -OCH3 is 2. The third kappa shape index (κ3) is 9.00. The van der Waals surface area contributed by atoms with Crippen molar-refractivity contribution in [1.29, 1.82) is 0 Å². The molecule has 0 unspecified atom stereocenters. The molecule has 4 atom stereocenters. The lowest BCUT2D eigenvalue weighted by Crippen LogP contribution is -2.47. The van der Waals surface area contributed by atoms with Crippen LogP contribution in [0.4, 0.5) is 0 Å². The van der Waals surface area contributed by atoms with E-state index in [0.29, 0.717) is 13.1 Å². The highest BCUT2D eigenvalue weighted by atomic mass is 35.5. The lowest BCUT2D eigenvalue weighted by Gasteiger charge is -2.26. The molecule has 10 heteroatoms. The molecule has 2 aliphatic rings. The number of morpholine rings is 2. The first-order valence-corrected chi connectivity index (χ1v) is 7.36. The third-order valence-corrected chi connectivity index (χ3v) is 3.24. The molecule has 2 aliphatic heterocycles. The first-order valence-electron chi connectivity index (χ1n) is 7.36.